The smallest absolute Gasteiger partial charge is 0.123 e. The fraction of sp³-hybridized carbons (Fsp3) is 0.412. The highest BCUT2D eigenvalue weighted by atomic mass is 16.5. The van der Waals surface area contributed by atoms with E-state index in [1.165, 1.54) is 16.3 Å². The molecule has 0 aliphatic heterocycles. The van der Waals surface area contributed by atoms with Crippen molar-refractivity contribution in [2.24, 2.45) is 0 Å². The number of ether oxygens (including phenoxy) is 1. The van der Waals surface area contributed by atoms with E-state index in [-0.39, 0.29) is 6.10 Å². The zero-order valence-corrected chi connectivity index (χ0v) is 12.2. The van der Waals surface area contributed by atoms with E-state index in [2.05, 4.69) is 35.6 Å². The largest absolute Gasteiger partial charge is 0.496 e. The van der Waals surface area contributed by atoms with Crippen molar-refractivity contribution in [1.29, 1.82) is 0 Å². The molecule has 2 N–H and O–H groups in total. The van der Waals surface area contributed by atoms with Crippen molar-refractivity contribution >= 4 is 10.8 Å². The number of hydrogen-bond donors (Lipinski definition) is 2. The Morgan fingerprint density at radius 3 is 2.75 bits per heavy atom. The Hall–Kier alpha value is -1.58. The van der Waals surface area contributed by atoms with Crippen molar-refractivity contribution < 1.29 is 9.84 Å². The maximum absolute atomic E-state index is 9.24. The van der Waals surface area contributed by atoms with E-state index in [1.54, 1.807) is 7.11 Å². The lowest BCUT2D eigenvalue weighted by molar-refractivity contribution is 0.181. The van der Waals surface area contributed by atoms with Gasteiger partial charge in [-0.25, -0.2) is 0 Å². The molecule has 2 aromatic carbocycles. The van der Waals surface area contributed by atoms with Crippen LogP contribution in [0, 0.1) is 0 Å². The maximum Gasteiger partial charge on any atom is 0.123 e. The molecule has 108 valence electrons. The lowest BCUT2D eigenvalue weighted by Crippen LogP contribution is -2.17. The molecule has 2 aromatic rings. The third-order valence-corrected chi connectivity index (χ3v) is 3.49. The highest BCUT2D eigenvalue weighted by Gasteiger charge is 2.07. The summed E-state index contributed by atoms with van der Waals surface area (Å²) >= 11 is 0. The molecule has 0 aromatic heterocycles. The van der Waals surface area contributed by atoms with Crippen LogP contribution in [0.5, 0.6) is 5.75 Å². The van der Waals surface area contributed by atoms with Crippen LogP contribution in [0.25, 0.3) is 10.8 Å². The van der Waals surface area contributed by atoms with Crippen LogP contribution in [-0.4, -0.2) is 24.9 Å². The fourth-order valence-corrected chi connectivity index (χ4v) is 2.43. The Kier molecular flexibility index (Phi) is 5.39. The summed E-state index contributed by atoms with van der Waals surface area (Å²) in [4.78, 5) is 0. The molecule has 0 saturated heterocycles. The molecule has 0 spiro atoms. The van der Waals surface area contributed by atoms with E-state index in [0.29, 0.717) is 0 Å². The molecule has 2 rings (SSSR count). The number of fused-ring (bicyclic) bond motifs is 1. The van der Waals surface area contributed by atoms with E-state index in [9.17, 15) is 5.11 Å². The van der Waals surface area contributed by atoms with Gasteiger partial charge in [-0.2, -0.15) is 0 Å². The van der Waals surface area contributed by atoms with E-state index < -0.39 is 0 Å². The number of rotatable bonds is 7. The SMILES string of the molecule is COc1ccc2ccccc2c1CNCCCC(C)O. The van der Waals surface area contributed by atoms with E-state index in [1.807, 2.05) is 13.0 Å². The molecule has 0 amide bonds. The molecule has 0 aliphatic carbocycles. The average molecular weight is 273 g/mol. The summed E-state index contributed by atoms with van der Waals surface area (Å²) < 4.78 is 5.47. The number of hydrogen-bond acceptors (Lipinski definition) is 3. The third kappa shape index (κ3) is 3.71. The molecular formula is C17H23NO2. The summed E-state index contributed by atoms with van der Waals surface area (Å²) in [6.07, 6.45) is 1.59. The normalized spacial score (nSPS) is 12.6. The third-order valence-electron chi connectivity index (χ3n) is 3.49. The Balaban J connectivity index is 2.07. The number of aliphatic hydroxyl groups excluding tert-OH is 1. The summed E-state index contributed by atoms with van der Waals surface area (Å²) in [6, 6.07) is 12.5. The molecule has 3 nitrogen and oxygen atoms in total. The minimum absolute atomic E-state index is 0.219. The zero-order valence-electron chi connectivity index (χ0n) is 12.2. The van der Waals surface area contributed by atoms with Crippen molar-refractivity contribution in [3.8, 4) is 5.75 Å². The standard InChI is InChI=1S/C17H23NO2/c1-13(19)6-5-11-18-12-16-15-8-4-3-7-14(15)9-10-17(16)20-2/h3-4,7-10,13,18-19H,5-6,11-12H2,1-2H3. The topological polar surface area (TPSA) is 41.5 Å². The predicted octanol–water partition coefficient (Wildman–Crippen LogP) is 3.10. The van der Waals surface area contributed by atoms with Crippen LogP contribution in [0.4, 0.5) is 0 Å². The summed E-state index contributed by atoms with van der Waals surface area (Å²) in [5.41, 5.74) is 1.20. The Labute approximate surface area is 120 Å². The van der Waals surface area contributed by atoms with Gasteiger partial charge in [-0.15, -0.1) is 0 Å². The van der Waals surface area contributed by atoms with Gasteiger partial charge in [0, 0.05) is 12.1 Å². The summed E-state index contributed by atoms with van der Waals surface area (Å²) in [5.74, 6) is 0.923. The van der Waals surface area contributed by atoms with E-state index in [4.69, 9.17) is 4.74 Å². The van der Waals surface area contributed by atoms with Crippen LogP contribution >= 0.6 is 0 Å². The van der Waals surface area contributed by atoms with Gasteiger partial charge >= 0.3 is 0 Å². The second kappa shape index (κ2) is 7.27. The molecule has 1 atom stereocenters. The van der Waals surface area contributed by atoms with Gasteiger partial charge < -0.3 is 15.2 Å². The minimum atomic E-state index is -0.219. The molecule has 20 heavy (non-hydrogen) atoms. The monoisotopic (exact) mass is 273 g/mol. The Morgan fingerprint density at radius 2 is 2.00 bits per heavy atom. The van der Waals surface area contributed by atoms with Crippen molar-refractivity contribution in [1.82, 2.24) is 5.32 Å². The van der Waals surface area contributed by atoms with Gasteiger partial charge in [-0.05, 0) is 43.1 Å². The van der Waals surface area contributed by atoms with Crippen molar-refractivity contribution in [3.63, 3.8) is 0 Å². The zero-order chi connectivity index (χ0) is 14.4. The second-order valence-corrected chi connectivity index (χ2v) is 5.14. The molecular weight excluding hydrogens is 250 g/mol. The molecule has 3 heteroatoms. The minimum Gasteiger partial charge on any atom is -0.496 e. The quantitative estimate of drug-likeness (QED) is 0.762. The lowest BCUT2D eigenvalue weighted by atomic mass is 10.0. The molecule has 0 radical (unpaired) electrons. The number of aliphatic hydroxyl groups is 1. The molecule has 1 unspecified atom stereocenters. The summed E-state index contributed by atoms with van der Waals surface area (Å²) in [7, 11) is 1.71. The van der Waals surface area contributed by atoms with Gasteiger partial charge in [0.1, 0.15) is 5.75 Å². The molecule has 0 bridgehead atoms. The fourth-order valence-electron chi connectivity index (χ4n) is 2.43. The highest BCUT2D eigenvalue weighted by Crippen LogP contribution is 2.27. The number of nitrogens with one attached hydrogen (secondary N) is 1. The van der Waals surface area contributed by atoms with Crippen molar-refractivity contribution in [2.45, 2.75) is 32.4 Å². The Morgan fingerprint density at radius 1 is 1.20 bits per heavy atom. The van der Waals surface area contributed by atoms with Gasteiger partial charge in [0.05, 0.1) is 13.2 Å². The first kappa shape index (κ1) is 14.8. The summed E-state index contributed by atoms with van der Waals surface area (Å²) in [6.45, 7) is 3.51. The Bertz CT molecular complexity index is 552. The van der Waals surface area contributed by atoms with Crippen LogP contribution < -0.4 is 10.1 Å². The van der Waals surface area contributed by atoms with Crippen LogP contribution in [0.2, 0.25) is 0 Å². The van der Waals surface area contributed by atoms with Crippen LogP contribution in [0.1, 0.15) is 25.3 Å². The first-order valence-electron chi connectivity index (χ1n) is 7.15. The average Bonchev–Trinajstić information content (AvgIpc) is 2.46. The molecule has 0 heterocycles. The van der Waals surface area contributed by atoms with E-state index >= 15 is 0 Å². The van der Waals surface area contributed by atoms with Gasteiger partial charge in [-0.1, -0.05) is 30.3 Å². The van der Waals surface area contributed by atoms with Crippen LogP contribution in [0.15, 0.2) is 36.4 Å². The molecule has 0 aliphatic rings. The first-order valence-corrected chi connectivity index (χ1v) is 7.15. The molecule has 0 saturated carbocycles. The van der Waals surface area contributed by atoms with Gasteiger partial charge in [0.2, 0.25) is 0 Å². The maximum atomic E-state index is 9.24. The second-order valence-electron chi connectivity index (χ2n) is 5.14. The highest BCUT2D eigenvalue weighted by molar-refractivity contribution is 5.87. The first-order chi connectivity index (χ1) is 9.72. The van der Waals surface area contributed by atoms with Gasteiger partial charge in [0.15, 0.2) is 0 Å². The van der Waals surface area contributed by atoms with Crippen molar-refractivity contribution in [2.75, 3.05) is 13.7 Å². The number of methoxy groups -OCH3 is 1. The van der Waals surface area contributed by atoms with Crippen LogP contribution in [-0.2, 0) is 6.54 Å². The van der Waals surface area contributed by atoms with Gasteiger partial charge in [-0.3, -0.25) is 0 Å². The number of benzene rings is 2. The lowest BCUT2D eigenvalue weighted by Gasteiger charge is -2.13. The van der Waals surface area contributed by atoms with Gasteiger partial charge in [0.25, 0.3) is 0 Å². The summed E-state index contributed by atoms with van der Waals surface area (Å²) in [5, 5.41) is 15.1. The predicted molar refractivity (Wildman–Crippen MR) is 83.1 cm³/mol. The van der Waals surface area contributed by atoms with Crippen molar-refractivity contribution in [3.05, 3.63) is 42.0 Å². The van der Waals surface area contributed by atoms with E-state index in [0.717, 1.165) is 31.7 Å². The molecule has 0 fully saturated rings. The van der Waals surface area contributed by atoms with Crippen LogP contribution in [0.3, 0.4) is 0 Å².